The van der Waals surface area contributed by atoms with Gasteiger partial charge in [-0.05, 0) is 46.3 Å². The molecule has 4 heteroatoms. The van der Waals surface area contributed by atoms with E-state index in [1.807, 2.05) is 24.3 Å². The molecule has 0 aliphatic carbocycles. The Bertz CT molecular complexity index is 491. The molecule has 2 aliphatic rings. The second kappa shape index (κ2) is 5.25. The standard InChI is InChI=1S/C15H19BrN2O/c1-2-14-12-8-17-7-10(12)9-18(14)15(19)11-5-3-4-6-13(11)16/h3-6,10,12,14,17H,2,7-9H2,1H3. The Morgan fingerprint density at radius 1 is 1.42 bits per heavy atom. The lowest BCUT2D eigenvalue weighted by Gasteiger charge is -2.27. The Balaban J connectivity index is 1.86. The number of carbonyl (C=O) groups excluding carboxylic acids is 1. The van der Waals surface area contributed by atoms with Crippen LogP contribution in [-0.4, -0.2) is 36.5 Å². The van der Waals surface area contributed by atoms with Crippen LogP contribution in [0.15, 0.2) is 28.7 Å². The molecular formula is C15H19BrN2O. The fraction of sp³-hybridized carbons (Fsp3) is 0.533. The van der Waals surface area contributed by atoms with Gasteiger partial charge in [0, 0.05) is 30.1 Å². The number of likely N-dealkylation sites (tertiary alicyclic amines) is 1. The second-order valence-electron chi connectivity index (χ2n) is 5.50. The average molecular weight is 323 g/mol. The first-order chi connectivity index (χ1) is 9.22. The van der Waals surface area contributed by atoms with Gasteiger partial charge in [-0.3, -0.25) is 4.79 Å². The molecule has 3 atom stereocenters. The zero-order valence-corrected chi connectivity index (χ0v) is 12.7. The highest BCUT2D eigenvalue weighted by molar-refractivity contribution is 9.10. The van der Waals surface area contributed by atoms with Crippen LogP contribution in [0.4, 0.5) is 0 Å². The zero-order valence-electron chi connectivity index (χ0n) is 11.1. The number of amides is 1. The summed E-state index contributed by atoms with van der Waals surface area (Å²) in [6.45, 7) is 5.20. The largest absolute Gasteiger partial charge is 0.335 e. The van der Waals surface area contributed by atoms with Crippen LogP contribution in [0.25, 0.3) is 0 Å². The smallest absolute Gasteiger partial charge is 0.255 e. The summed E-state index contributed by atoms with van der Waals surface area (Å²) in [5.74, 6) is 1.45. The molecule has 1 aromatic carbocycles. The third kappa shape index (κ3) is 2.21. The van der Waals surface area contributed by atoms with Crippen molar-refractivity contribution in [2.45, 2.75) is 19.4 Å². The van der Waals surface area contributed by atoms with E-state index in [1.54, 1.807) is 0 Å². The number of halogens is 1. The van der Waals surface area contributed by atoms with Crippen molar-refractivity contribution >= 4 is 21.8 Å². The first-order valence-corrected chi connectivity index (χ1v) is 7.78. The minimum Gasteiger partial charge on any atom is -0.335 e. The normalized spacial score (nSPS) is 29.6. The third-order valence-corrected chi connectivity index (χ3v) is 5.19. The molecule has 0 bridgehead atoms. The molecule has 2 fully saturated rings. The van der Waals surface area contributed by atoms with Gasteiger partial charge in [0.2, 0.25) is 0 Å². The molecule has 0 aromatic heterocycles. The van der Waals surface area contributed by atoms with Crippen LogP contribution in [-0.2, 0) is 0 Å². The van der Waals surface area contributed by atoms with E-state index in [9.17, 15) is 4.79 Å². The van der Waals surface area contributed by atoms with E-state index in [2.05, 4.69) is 33.1 Å². The summed E-state index contributed by atoms with van der Waals surface area (Å²) in [6, 6.07) is 8.11. The summed E-state index contributed by atoms with van der Waals surface area (Å²) in [5, 5.41) is 3.45. The number of hydrogen-bond acceptors (Lipinski definition) is 2. The van der Waals surface area contributed by atoms with Crippen molar-refractivity contribution in [2.24, 2.45) is 11.8 Å². The van der Waals surface area contributed by atoms with Gasteiger partial charge in [-0.1, -0.05) is 19.1 Å². The molecule has 2 heterocycles. The molecule has 0 spiro atoms. The summed E-state index contributed by atoms with van der Waals surface area (Å²) in [7, 11) is 0. The average Bonchev–Trinajstić information content (AvgIpc) is 2.98. The quantitative estimate of drug-likeness (QED) is 0.907. The van der Waals surface area contributed by atoms with Crippen molar-refractivity contribution in [3.8, 4) is 0 Å². The van der Waals surface area contributed by atoms with Crippen LogP contribution < -0.4 is 5.32 Å². The van der Waals surface area contributed by atoms with Crippen molar-refractivity contribution in [3.05, 3.63) is 34.3 Å². The van der Waals surface area contributed by atoms with Gasteiger partial charge in [-0.2, -0.15) is 0 Å². The number of rotatable bonds is 2. The topological polar surface area (TPSA) is 32.3 Å². The van der Waals surface area contributed by atoms with Gasteiger partial charge in [0.1, 0.15) is 0 Å². The Morgan fingerprint density at radius 2 is 2.21 bits per heavy atom. The minimum absolute atomic E-state index is 0.175. The van der Waals surface area contributed by atoms with E-state index in [-0.39, 0.29) is 5.91 Å². The van der Waals surface area contributed by atoms with Crippen LogP contribution >= 0.6 is 15.9 Å². The van der Waals surface area contributed by atoms with Gasteiger partial charge in [-0.15, -0.1) is 0 Å². The maximum absolute atomic E-state index is 12.7. The zero-order chi connectivity index (χ0) is 13.4. The molecule has 1 aromatic rings. The van der Waals surface area contributed by atoms with Crippen molar-refractivity contribution in [3.63, 3.8) is 0 Å². The van der Waals surface area contributed by atoms with Crippen LogP contribution in [0.1, 0.15) is 23.7 Å². The predicted molar refractivity (Wildman–Crippen MR) is 79.1 cm³/mol. The van der Waals surface area contributed by atoms with Crippen molar-refractivity contribution in [1.82, 2.24) is 10.2 Å². The lowest BCUT2D eigenvalue weighted by molar-refractivity contribution is 0.0710. The van der Waals surface area contributed by atoms with Crippen LogP contribution in [0.3, 0.4) is 0 Å². The number of benzene rings is 1. The highest BCUT2D eigenvalue weighted by Crippen LogP contribution is 2.35. The molecule has 3 nitrogen and oxygen atoms in total. The summed E-state index contributed by atoms with van der Waals surface area (Å²) < 4.78 is 0.894. The van der Waals surface area contributed by atoms with Crippen molar-refractivity contribution in [1.29, 1.82) is 0 Å². The molecule has 19 heavy (non-hydrogen) atoms. The van der Waals surface area contributed by atoms with Crippen molar-refractivity contribution in [2.75, 3.05) is 19.6 Å². The molecule has 1 amide bonds. The van der Waals surface area contributed by atoms with Gasteiger partial charge < -0.3 is 10.2 Å². The lowest BCUT2D eigenvalue weighted by Crippen LogP contribution is -2.39. The fourth-order valence-electron chi connectivity index (χ4n) is 3.57. The van der Waals surface area contributed by atoms with Crippen molar-refractivity contribution < 1.29 is 4.79 Å². The Morgan fingerprint density at radius 3 is 2.95 bits per heavy atom. The Hall–Kier alpha value is -0.870. The van der Waals surface area contributed by atoms with E-state index in [1.165, 1.54) is 0 Å². The summed E-state index contributed by atoms with van der Waals surface area (Å²) in [5.41, 5.74) is 0.786. The van der Waals surface area contributed by atoms with Gasteiger partial charge in [0.15, 0.2) is 0 Å². The maximum atomic E-state index is 12.7. The monoisotopic (exact) mass is 322 g/mol. The number of nitrogens with zero attached hydrogens (tertiary/aromatic N) is 1. The molecule has 0 radical (unpaired) electrons. The van der Waals surface area contributed by atoms with Gasteiger partial charge >= 0.3 is 0 Å². The summed E-state index contributed by atoms with van der Waals surface area (Å²) in [4.78, 5) is 14.8. The van der Waals surface area contributed by atoms with E-state index in [0.29, 0.717) is 17.9 Å². The highest BCUT2D eigenvalue weighted by atomic mass is 79.9. The predicted octanol–water partition coefficient (Wildman–Crippen LogP) is 2.52. The molecule has 3 unspecified atom stereocenters. The van der Waals surface area contributed by atoms with E-state index < -0.39 is 0 Å². The van der Waals surface area contributed by atoms with E-state index in [4.69, 9.17) is 0 Å². The molecule has 1 N–H and O–H groups in total. The van der Waals surface area contributed by atoms with Crippen LogP contribution in [0, 0.1) is 11.8 Å². The molecule has 2 saturated heterocycles. The Labute approximate surface area is 122 Å². The first kappa shape index (κ1) is 13.1. The summed E-state index contributed by atoms with van der Waals surface area (Å²) >= 11 is 3.49. The second-order valence-corrected chi connectivity index (χ2v) is 6.35. The minimum atomic E-state index is 0.175. The molecule has 3 rings (SSSR count). The highest BCUT2D eigenvalue weighted by Gasteiger charge is 2.45. The number of nitrogens with one attached hydrogen (secondary N) is 1. The molecule has 102 valence electrons. The summed E-state index contributed by atoms with van der Waals surface area (Å²) in [6.07, 6.45) is 1.04. The van der Waals surface area contributed by atoms with E-state index in [0.717, 1.165) is 36.1 Å². The molecule has 2 aliphatic heterocycles. The number of carbonyl (C=O) groups is 1. The van der Waals surface area contributed by atoms with Gasteiger partial charge in [0.25, 0.3) is 5.91 Å². The van der Waals surface area contributed by atoms with E-state index >= 15 is 0 Å². The molecule has 0 saturated carbocycles. The van der Waals surface area contributed by atoms with Crippen LogP contribution in [0.5, 0.6) is 0 Å². The third-order valence-electron chi connectivity index (χ3n) is 4.50. The van der Waals surface area contributed by atoms with Gasteiger partial charge in [-0.25, -0.2) is 0 Å². The first-order valence-electron chi connectivity index (χ1n) is 6.98. The number of hydrogen-bond donors (Lipinski definition) is 1. The SMILES string of the molecule is CCC1C2CNCC2CN1C(=O)c1ccccc1Br. The van der Waals surface area contributed by atoms with Crippen LogP contribution in [0.2, 0.25) is 0 Å². The Kier molecular flexibility index (Phi) is 3.63. The fourth-order valence-corrected chi connectivity index (χ4v) is 4.02. The maximum Gasteiger partial charge on any atom is 0.255 e. The number of fused-ring (bicyclic) bond motifs is 1. The van der Waals surface area contributed by atoms with Gasteiger partial charge in [0.05, 0.1) is 5.56 Å². The molecular weight excluding hydrogens is 304 g/mol. The lowest BCUT2D eigenvalue weighted by atomic mass is 9.93.